The first-order chi connectivity index (χ1) is 12.3. The van der Waals surface area contributed by atoms with Crippen molar-refractivity contribution in [2.75, 3.05) is 13.2 Å². The van der Waals surface area contributed by atoms with Gasteiger partial charge in [0, 0.05) is 11.5 Å². The number of tetrazole rings is 1. The van der Waals surface area contributed by atoms with Gasteiger partial charge in [0.15, 0.2) is 5.82 Å². The van der Waals surface area contributed by atoms with Gasteiger partial charge in [-0.1, -0.05) is 30.3 Å². The normalized spacial score (nSPS) is 31.0. The zero-order valence-corrected chi connectivity index (χ0v) is 13.6. The van der Waals surface area contributed by atoms with Crippen molar-refractivity contribution in [1.82, 2.24) is 25.5 Å². The highest BCUT2D eigenvalue weighted by Crippen LogP contribution is 2.36. The Bertz CT molecular complexity index is 776. The van der Waals surface area contributed by atoms with Crippen molar-refractivity contribution in [2.45, 2.75) is 37.1 Å². The van der Waals surface area contributed by atoms with Crippen molar-refractivity contribution in [3.05, 3.63) is 30.3 Å². The number of hydrogen-bond donors (Lipinski definition) is 1. The Morgan fingerprint density at radius 2 is 1.92 bits per heavy atom. The fraction of sp³-hybridized carbons (Fsp3) is 0.529. The maximum atomic E-state index is 12.0. The Morgan fingerprint density at radius 1 is 1.12 bits per heavy atom. The Labute approximate surface area is 144 Å². The molecule has 3 fully saturated rings. The van der Waals surface area contributed by atoms with Gasteiger partial charge in [0.1, 0.15) is 18.2 Å². The SMILES string of the molecule is O=C(NC1COC2C1OCC2n1nnnc1-c1ccccc1)C1CC1. The molecule has 8 nitrogen and oxygen atoms in total. The first-order valence-corrected chi connectivity index (χ1v) is 8.68. The summed E-state index contributed by atoms with van der Waals surface area (Å²) in [6.07, 6.45) is 1.67. The number of nitrogens with one attached hydrogen (secondary N) is 1. The molecular formula is C17H19N5O3. The largest absolute Gasteiger partial charge is 0.371 e. The van der Waals surface area contributed by atoms with Gasteiger partial charge in [-0.3, -0.25) is 4.79 Å². The van der Waals surface area contributed by atoms with E-state index >= 15 is 0 Å². The number of rotatable bonds is 4. The van der Waals surface area contributed by atoms with Crippen LogP contribution in [0.5, 0.6) is 0 Å². The minimum absolute atomic E-state index is 0.0974. The third-order valence-electron chi connectivity index (χ3n) is 5.14. The lowest BCUT2D eigenvalue weighted by Gasteiger charge is -2.18. The van der Waals surface area contributed by atoms with E-state index in [1.165, 1.54) is 0 Å². The molecule has 4 atom stereocenters. The minimum atomic E-state index is -0.157. The molecule has 130 valence electrons. The molecule has 1 aromatic heterocycles. The van der Waals surface area contributed by atoms with E-state index in [9.17, 15) is 4.79 Å². The average Bonchev–Trinajstić information content (AvgIpc) is 3.06. The number of nitrogens with zero attached hydrogens (tertiary/aromatic N) is 4. The van der Waals surface area contributed by atoms with E-state index in [0.29, 0.717) is 19.0 Å². The van der Waals surface area contributed by atoms with Crippen LogP contribution in [-0.4, -0.2) is 57.6 Å². The van der Waals surface area contributed by atoms with E-state index in [2.05, 4.69) is 20.8 Å². The summed E-state index contributed by atoms with van der Waals surface area (Å²) in [5, 5.41) is 15.2. The van der Waals surface area contributed by atoms with E-state index in [-0.39, 0.29) is 36.1 Å². The summed E-state index contributed by atoms with van der Waals surface area (Å²) in [4.78, 5) is 12.0. The molecule has 2 aromatic rings. The van der Waals surface area contributed by atoms with E-state index in [1.54, 1.807) is 4.68 Å². The number of hydrogen-bond acceptors (Lipinski definition) is 6. The Kier molecular flexibility index (Phi) is 3.53. The summed E-state index contributed by atoms with van der Waals surface area (Å²) in [5.74, 6) is 0.998. The van der Waals surface area contributed by atoms with E-state index in [1.807, 2.05) is 30.3 Å². The highest BCUT2D eigenvalue weighted by atomic mass is 16.6. The first-order valence-electron chi connectivity index (χ1n) is 8.68. The maximum Gasteiger partial charge on any atom is 0.223 e. The molecule has 1 N–H and O–H groups in total. The topological polar surface area (TPSA) is 91.2 Å². The predicted molar refractivity (Wildman–Crippen MR) is 86.4 cm³/mol. The van der Waals surface area contributed by atoms with Gasteiger partial charge in [-0.15, -0.1) is 5.10 Å². The van der Waals surface area contributed by atoms with Crippen LogP contribution in [-0.2, 0) is 14.3 Å². The van der Waals surface area contributed by atoms with Gasteiger partial charge in [0.05, 0.1) is 19.3 Å². The van der Waals surface area contributed by atoms with E-state index in [0.717, 1.165) is 18.4 Å². The van der Waals surface area contributed by atoms with Crippen molar-refractivity contribution >= 4 is 5.91 Å². The van der Waals surface area contributed by atoms with Crippen LogP contribution >= 0.6 is 0 Å². The van der Waals surface area contributed by atoms with Gasteiger partial charge in [-0.25, -0.2) is 4.68 Å². The number of benzene rings is 1. The molecule has 5 rings (SSSR count). The number of ether oxygens (including phenoxy) is 2. The molecule has 8 heteroatoms. The molecule has 0 spiro atoms. The summed E-state index contributed by atoms with van der Waals surface area (Å²) in [5.41, 5.74) is 0.951. The summed E-state index contributed by atoms with van der Waals surface area (Å²) in [6.45, 7) is 0.934. The zero-order chi connectivity index (χ0) is 16.8. The second kappa shape index (κ2) is 5.89. The van der Waals surface area contributed by atoms with Gasteiger partial charge in [0.25, 0.3) is 0 Å². The second-order valence-corrected chi connectivity index (χ2v) is 6.87. The Hall–Kier alpha value is -2.32. The summed E-state index contributed by atoms with van der Waals surface area (Å²) >= 11 is 0. The standard InChI is InChI=1S/C17H19N5O3/c23-17(11-6-7-11)18-12-8-24-15-13(9-25-14(12)15)22-16(19-20-21-22)10-4-2-1-3-5-10/h1-5,11-15H,6-9H2,(H,18,23). The van der Waals surface area contributed by atoms with E-state index in [4.69, 9.17) is 9.47 Å². The summed E-state index contributed by atoms with van der Waals surface area (Å²) in [7, 11) is 0. The van der Waals surface area contributed by atoms with E-state index < -0.39 is 0 Å². The molecule has 2 saturated heterocycles. The lowest BCUT2D eigenvalue weighted by Crippen LogP contribution is -2.44. The third-order valence-corrected chi connectivity index (χ3v) is 5.14. The molecule has 1 aliphatic carbocycles. The molecule has 3 heterocycles. The molecule has 0 radical (unpaired) electrons. The van der Waals surface area contributed by atoms with Crippen LogP contribution < -0.4 is 5.32 Å². The summed E-state index contributed by atoms with van der Waals surface area (Å²) < 4.78 is 13.7. The van der Waals surface area contributed by atoms with Crippen LogP contribution in [0.1, 0.15) is 18.9 Å². The van der Waals surface area contributed by atoms with Crippen molar-refractivity contribution in [3.63, 3.8) is 0 Å². The molecule has 3 aliphatic rings. The zero-order valence-electron chi connectivity index (χ0n) is 13.6. The van der Waals surface area contributed by atoms with Crippen LogP contribution in [0.3, 0.4) is 0 Å². The van der Waals surface area contributed by atoms with Crippen LogP contribution in [0, 0.1) is 5.92 Å². The highest BCUT2D eigenvalue weighted by Gasteiger charge is 2.50. The smallest absolute Gasteiger partial charge is 0.223 e. The lowest BCUT2D eigenvalue weighted by atomic mass is 10.1. The van der Waals surface area contributed by atoms with Crippen molar-refractivity contribution < 1.29 is 14.3 Å². The van der Waals surface area contributed by atoms with Crippen LogP contribution in [0.15, 0.2) is 30.3 Å². The first kappa shape index (κ1) is 15.0. The maximum absolute atomic E-state index is 12.0. The third kappa shape index (κ3) is 2.61. The molecule has 1 aromatic carbocycles. The van der Waals surface area contributed by atoms with Crippen LogP contribution in [0.2, 0.25) is 0 Å². The van der Waals surface area contributed by atoms with Crippen LogP contribution in [0.4, 0.5) is 0 Å². The van der Waals surface area contributed by atoms with Gasteiger partial charge < -0.3 is 14.8 Å². The Morgan fingerprint density at radius 3 is 2.72 bits per heavy atom. The summed E-state index contributed by atoms with van der Waals surface area (Å²) in [6, 6.07) is 9.63. The number of amides is 1. The number of aromatic nitrogens is 4. The van der Waals surface area contributed by atoms with Gasteiger partial charge >= 0.3 is 0 Å². The van der Waals surface area contributed by atoms with Crippen molar-refractivity contribution in [1.29, 1.82) is 0 Å². The number of carbonyl (C=O) groups excluding carboxylic acids is 1. The lowest BCUT2D eigenvalue weighted by molar-refractivity contribution is -0.123. The van der Waals surface area contributed by atoms with Crippen molar-refractivity contribution in [3.8, 4) is 11.4 Å². The molecule has 25 heavy (non-hydrogen) atoms. The monoisotopic (exact) mass is 341 g/mol. The second-order valence-electron chi connectivity index (χ2n) is 6.87. The molecule has 2 aliphatic heterocycles. The van der Waals surface area contributed by atoms with Gasteiger partial charge in [-0.2, -0.15) is 0 Å². The Balaban J connectivity index is 1.36. The molecule has 1 amide bonds. The van der Waals surface area contributed by atoms with Gasteiger partial charge in [-0.05, 0) is 23.3 Å². The molecule has 0 bridgehead atoms. The van der Waals surface area contributed by atoms with Gasteiger partial charge in [0.2, 0.25) is 5.91 Å². The fourth-order valence-corrected chi connectivity index (χ4v) is 3.65. The fourth-order valence-electron chi connectivity index (χ4n) is 3.65. The van der Waals surface area contributed by atoms with Crippen molar-refractivity contribution in [2.24, 2.45) is 5.92 Å². The minimum Gasteiger partial charge on any atom is -0.371 e. The van der Waals surface area contributed by atoms with Crippen LogP contribution in [0.25, 0.3) is 11.4 Å². The average molecular weight is 341 g/mol. The molecule has 4 unspecified atom stereocenters. The molecule has 1 saturated carbocycles. The predicted octanol–water partition coefficient (Wildman–Crippen LogP) is 0.574. The molecular weight excluding hydrogens is 322 g/mol. The number of carbonyl (C=O) groups is 1. The highest BCUT2D eigenvalue weighted by molar-refractivity contribution is 5.81. The quantitative estimate of drug-likeness (QED) is 0.874. The number of fused-ring (bicyclic) bond motifs is 1.